The van der Waals surface area contributed by atoms with Crippen LogP contribution in [0.5, 0.6) is 5.75 Å². The Morgan fingerprint density at radius 1 is 1.15 bits per heavy atom. The molecule has 1 heterocycles. The summed E-state index contributed by atoms with van der Waals surface area (Å²) < 4.78 is 5.58. The molecule has 6 nitrogen and oxygen atoms in total. The minimum absolute atomic E-state index is 0.263. The zero-order valence-electron chi connectivity index (χ0n) is 14.3. The molecule has 2 amide bonds. The highest BCUT2D eigenvalue weighted by molar-refractivity contribution is 7.13. The topological polar surface area (TPSA) is 80.3 Å². The molecule has 2 aromatic carbocycles. The molecule has 0 aliphatic heterocycles. The predicted molar refractivity (Wildman–Crippen MR) is 107 cm³/mol. The molecule has 2 N–H and O–H groups in total. The Morgan fingerprint density at radius 2 is 1.93 bits per heavy atom. The van der Waals surface area contributed by atoms with Crippen molar-refractivity contribution in [3.8, 4) is 5.75 Å². The van der Waals surface area contributed by atoms with Crippen LogP contribution in [-0.4, -0.2) is 22.9 Å². The molecule has 0 fully saturated rings. The van der Waals surface area contributed by atoms with E-state index >= 15 is 0 Å². The van der Waals surface area contributed by atoms with Crippen molar-refractivity contribution >= 4 is 45.6 Å². The molecular formula is C19H16ClN3O3S. The third-order valence-corrected chi connectivity index (χ3v) is 4.47. The number of rotatable bonds is 6. The Kier molecular flexibility index (Phi) is 6.05. The molecule has 0 saturated heterocycles. The van der Waals surface area contributed by atoms with E-state index in [2.05, 4.69) is 15.6 Å². The second-order valence-electron chi connectivity index (χ2n) is 5.58. The first-order valence-electron chi connectivity index (χ1n) is 8.05. The van der Waals surface area contributed by atoms with Gasteiger partial charge in [0, 0.05) is 27.9 Å². The molecule has 1 atom stereocenters. The monoisotopic (exact) mass is 401 g/mol. The first-order chi connectivity index (χ1) is 13.0. The molecule has 0 saturated carbocycles. The SMILES string of the molecule is C[C@H](Oc1cccc(Cl)c1)C(=O)Nc1ccc(C(=O)Nc2nccs2)cc1. The molecule has 0 unspecified atom stereocenters. The van der Waals surface area contributed by atoms with Crippen LogP contribution in [0.15, 0.2) is 60.1 Å². The molecule has 138 valence electrons. The fourth-order valence-corrected chi connectivity index (χ4v) is 2.91. The predicted octanol–water partition coefficient (Wildman–Crippen LogP) is 4.45. The van der Waals surface area contributed by atoms with Gasteiger partial charge in [0.15, 0.2) is 11.2 Å². The van der Waals surface area contributed by atoms with Gasteiger partial charge in [0.1, 0.15) is 5.75 Å². The van der Waals surface area contributed by atoms with E-state index in [9.17, 15) is 9.59 Å². The lowest BCUT2D eigenvalue weighted by molar-refractivity contribution is -0.122. The maximum absolute atomic E-state index is 12.3. The van der Waals surface area contributed by atoms with Crippen LogP contribution in [0, 0.1) is 0 Å². The van der Waals surface area contributed by atoms with E-state index in [1.807, 2.05) is 0 Å². The number of thiazole rings is 1. The van der Waals surface area contributed by atoms with Gasteiger partial charge in [-0.3, -0.25) is 14.9 Å². The van der Waals surface area contributed by atoms with Gasteiger partial charge >= 0.3 is 0 Å². The van der Waals surface area contributed by atoms with Crippen molar-refractivity contribution in [1.82, 2.24) is 4.98 Å². The zero-order valence-corrected chi connectivity index (χ0v) is 15.9. The lowest BCUT2D eigenvalue weighted by Gasteiger charge is -2.15. The molecule has 0 radical (unpaired) electrons. The number of benzene rings is 2. The molecular weight excluding hydrogens is 386 g/mol. The lowest BCUT2D eigenvalue weighted by Crippen LogP contribution is -2.30. The van der Waals surface area contributed by atoms with E-state index in [4.69, 9.17) is 16.3 Å². The number of hydrogen-bond acceptors (Lipinski definition) is 5. The van der Waals surface area contributed by atoms with E-state index in [1.165, 1.54) is 11.3 Å². The number of nitrogens with zero attached hydrogens (tertiary/aromatic N) is 1. The lowest BCUT2D eigenvalue weighted by atomic mass is 10.2. The minimum atomic E-state index is -0.712. The number of anilines is 2. The van der Waals surface area contributed by atoms with Crippen LogP contribution >= 0.6 is 22.9 Å². The van der Waals surface area contributed by atoms with E-state index < -0.39 is 6.10 Å². The highest BCUT2D eigenvalue weighted by atomic mass is 35.5. The summed E-state index contributed by atoms with van der Waals surface area (Å²) in [6.45, 7) is 1.64. The smallest absolute Gasteiger partial charge is 0.265 e. The summed E-state index contributed by atoms with van der Waals surface area (Å²) in [4.78, 5) is 28.4. The van der Waals surface area contributed by atoms with Crippen molar-refractivity contribution in [2.24, 2.45) is 0 Å². The number of nitrogens with one attached hydrogen (secondary N) is 2. The number of carbonyl (C=O) groups is 2. The number of aromatic nitrogens is 1. The van der Waals surface area contributed by atoms with Gasteiger partial charge in [0.05, 0.1) is 0 Å². The summed E-state index contributed by atoms with van der Waals surface area (Å²) in [5, 5.41) is 8.29. The van der Waals surface area contributed by atoms with Crippen molar-refractivity contribution in [1.29, 1.82) is 0 Å². The second kappa shape index (κ2) is 8.66. The fraction of sp³-hybridized carbons (Fsp3) is 0.105. The normalized spacial score (nSPS) is 11.5. The Morgan fingerprint density at radius 3 is 2.59 bits per heavy atom. The quantitative estimate of drug-likeness (QED) is 0.639. The molecule has 0 aliphatic carbocycles. The van der Waals surface area contributed by atoms with Gasteiger partial charge in [-0.1, -0.05) is 17.7 Å². The van der Waals surface area contributed by atoms with E-state index in [0.29, 0.717) is 27.2 Å². The summed E-state index contributed by atoms with van der Waals surface area (Å²) in [6.07, 6.45) is 0.905. The maximum Gasteiger partial charge on any atom is 0.265 e. The molecule has 27 heavy (non-hydrogen) atoms. The summed E-state index contributed by atoms with van der Waals surface area (Å²) in [5.41, 5.74) is 1.03. The zero-order chi connectivity index (χ0) is 19.2. The van der Waals surface area contributed by atoms with Crippen molar-refractivity contribution in [3.63, 3.8) is 0 Å². The summed E-state index contributed by atoms with van der Waals surface area (Å²) in [7, 11) is 0. The Hall–Kier alpha value is -2.90. The van der Waals surface area contributed by atoms with Crippen LogP contribution in [0.1, 0.15) is 17.3 Å². The van der Waals surface area contributed by atoms with Crippen LogP contribution in [-0.2, 0) is 4.79 Å². The second-order valence-corrected chi connectivity index (χ2v) is 6.91. The van der Waals surface area contributed by atoms with E-state index in [1.54, 1.807) is 67.0 Å². The Bertz CT molecular complexity index is 930. The van der Waals surface area contributed by atoms with Gasteiger partial charge in [-0.25, -0.2) is 4.98 Å². The van der Waals surface area contributed by atoms with Crippen LogP contribution in [0.3, 0.4) is 0 Å². The first-order valence-corrected chi connectivity index (χ1v) is 9.31. The van der Waals surface area contributed by atoms with Crippen LogP contribution in [0.2, 0.25) is 5.02 Å². The van der Waals surface area contributed by atoms with Crippen molar-refractivity contribution in [2.75, 3.05) is 10.6 Å². The van der Waals surface area contributed by atoms with Gasteiger partial charge in [0.2, 0.25) is 0 Å². The number of carbonyl (C=O) groups excluding carboxylic acids is 2. The number of amides is 2. The molecule has 0 spiro atoms. The highest BCUT2D eigenvalue weighted by Crippen LogP contribution is 2.19. The van der Waals surface area contributed by atoms with E-state index in [0.717, 1.165) is 0 Å². The molecule has 8 heteroatoms. The molecule has 3 aromatic rings. The summed E-state index contributed by atoms with van der Waals surface area (Å²) in [6, 6.07) is 13.4. The summed E-state index contributed by atoms with van der Waals surface area (Å²) in [5.74, 6) is -0.0604. The van der Waals surface area contributed by atoms with E-state index in [-0.39, 0.29) is 11.8 Å². The molecule has 1 aromatic heterocycles. The average molecular weight is 402 g/mol. The largest absolute Gasteiger partial charge is 0.481 e. The van der Waals surface area contributed by atoms with Gasteiger partial charge in [0.25, 0.3) is 11.8 Å². The molecule has 0 aliphatic rings. The van der Waals surface area contributed by atoms with Gasteiger partial charge in [-0.05, 0) is 49.4 Å². The van der Waals surface area contributed by atoms with Crippen LogP contribution in [0.4, 0.5) is 10.8 Å². The average Bonchev–Trinajstić information content (AvgIpc) is 3.15. The Labute approximate surface area is 165 Å². The van der Waals surface area contributed by atoms with Crippen molar-refractivity contribution in [2.45, 2.75) is 13.0 Å². The molecule has 0 bridgehead atoms. The van der Waals surface area contributed by atoms with Crippen molar-refractivity contribution < 1.29 is 14.3 Å². The third kappa shape index (κ3) is 5.29. The fourth-order valence-electron chi connectivity index (χ4n) is 2.20. The Balaban J connectivity index is 1.57. The number of hydrogen-bond donors (Lipinski definition) is 2. The van der Waals surface area contributed by atoms with Gasteiger partial charge in [-0.15, -0.1) is 11.3 Å². The number of halogens is 1. The third-order valence-electron chi connectivity index (χ3n) is 3.55. The first kappa shape index (κ1) is 18.9. The van der Waals surface area contributed by atoms with Gasteiger partial charge < -0.3 is 10.1 Å². The van der Waals surface area contributed by atoms with Gasteiger partial charge in [-0.2, -0.15) is 0 Å². The summed E-state index contributed by atoms with van der Waals surface area (Å²) >= 11 is 7.25. The van der Waals surface area contributed by atoms with Crippen LogP contribution < -0.4 is 15.4 Å². The standard InChI is InChI=1S/C19H16ClN3O3S/c1-12(26-16-4-2-3-14(20)11-16)17(24)22-15-7-5-13(6-8-15)18(25)23-19-21-9-10-27-19/h2-12H,1H3,(H,22,24)(H,21,23,25)/t12-/m0/s1. The maximum atomic E-state index is 12.3. The van der Waals surface area contributed by atoms with Crippen molar-refractivity contribution in [3.05, 3.63) is 70.7 Å². The highest BCUT2D eigenvalue weighted by Gasteiger charge is 2.15. The number of ether oxygens (including phenoxy) is 1. The minimum Gasteiger partial charge on any atom is -0.481 e. The molecule has 3 rings (SSSR count). The van der Waals surface area contributed by atoms with Crippen LogP contribution in [0.25, 0.3) is 0 Å².